The van der Waals surface area contributed by atoms with Crippen molar-refractivity contribution in [2.75, 3.05) is 10.5 Å². The van der Waals surface area contributed by atoms with E-state index in [9.17, 15) is 0 Å². The number of hydrogen-bond acceptors (Lipinski definition) is 2. The second kappa shape index (κ2) is 5.96. The molecule has 0 aliphatic heterocycles. The van der Waals surface area contributed by atoms with Crippen LogP contribution in [0.25, 0.3) is 0 Å². The lowest BCUT2D eigenvalue weighted by molar-refractivity contribution is 1.01. The van der Waals surface area contributed by atoms with Gasteiger partial charge >= 0.3 is 0 Å². The summed E-state index contributed by atoms with van der Waals surface area (Å²) in [6.45, 7) is 2.14. The van der Waals surface area contributed by atoms with E-state index in [2.05, 4.69) is 49.0 Å². The summed E-state index contributed by atoms with van der Waals surface area (Å²) < 4.78 is 0.707. The van der Waals surface area contributed by atoms with E-state index in [0.29, 0.717) is 15.3 Å². The van der Waals surface area contributed by atoms with Gasteiger partial charge in [0.05, 0.1) is 0 Å². The minimum Gasteiger partial charge on any atom is -0.142 e. The zero-order valence-corrected chi connectivity index (χ0v) is 13.8. The molecule has 15 heavy (non-hydrogen) atoms. The van der Waals surface area contributed by atoms with Gasteiger partial charge in [-0.3, -0.25) is 0 Å². The summed E-state index contributed by atoms with van der Waals surface area (Å²) >= 11 is 19.0. The van der Waals surface area contributed by atoms with Crippen LogP contribution in [0.15, 0.2) is 10.7 Å². The summed E-state index contributed by atoms with van der Waals surface area (Å²) in [5.41, 5.74) is 0.632. The third-order valence-electron chi connectivity index (χ3n) is 2.48. The van der Waals surface area contributed by atoms with Crippen LogP contribution in [0.5, 0.6) is 0 Å². The van der Waals surface area contributed by atoms with Crippen LogP contribution >= 0.6 is 55.1 Å². The Kier molecular flexibility index (Phi) is 5.52. The van der Waals surface area contributed by atoms with Crippen LogP contribution in [0.1, 0.15) is 6.92 Å². The van der Waals surface area contributed by atoms with Gasteiger partial charge in [0, 0.05) is 10.5 Å². The fourth-order valence-electron chi connectivity index (χ4n) is 1.28. The van der Waals surface area contributed by atoms with Gasteiger partial charge in [0.1, 0.15) is 12.7 Å². The van der Waals surface area contributed by atoms with Gasteiger partial charge in [0.15, 0.2) is 5.15 Å². The van der Waals surface area contributed by atoms with E-state index in [4.69, 9.17) is 23.2 Å². The van der Waals surface area contributed by atoms with Crippen molar-refractivity contribution in [3.8, 4) is 0 Å². The van der Waals surface area contributed by atoms with Gasteiger partial charge in [-0.05, 0) is 27.2 Å². The fourth-order valence-corrected chi connectivity index (χ4v) is 9.20. The molecule has 0 spiro atoms. The highest BCUT2D eigenvalue weighted by Gasteiger charge is 2.34. The normalized spacial score (nSPS) is 15.0. The van der Waals surface area contributed by atoms with Gasteiger partial charge in [0.2, 0.25) is 0 Å². The van der Waals surface area contributed by atoms with Crippen molar-refractivity contribution in [2.45, 2.75) is 13.0 Å². The highest BCUT2D eigenvalue weighted by molar-refractivity contribution is 9.10. The maximum Gasteiger partial charge on any atom is 0.151 e. The maximum absolute atomic E-state index is 6.09. The molecule has 2 nitrogen and oxygen atoms in total. The topological polar surface area (TPSA) is 25.8 Å². The fraction of sp³-hybridized carbons (Fsp3) is 0.500. The van der Waals surface area contributed by atoms with E-state index >= 15 is 0 Å². The maximum atomic E-state index is 6.09. The first-order chi connectivity index (χ1) is 7.09. The first kappa shape index (κ1) is 13.9. The van der Waals surface area contributed by atoms with Crippen molar-refractivity contribution < 1.29 is 0 Å². The lowest BCUT2D eigenvalue weighted by Gasteiger charge is -2.26. The third-order valence-corrected chi connectivity index (χ3v) is 12.0. The van der Waals surface area contributed by atoms with Gasteiger partial charge < -0.3 is 0 Å². The molecular weight excluding hydrogens is 383 g/mol. The summed E-state index contributed by atoms with van der Waals surface area (Å²) in [6, 6.07) is 2.97. The molecule has 1 atom stereocenters. The van der Waals surface area contributed by atoms with E-state index in [1.807, 2.05) is 6.07 Å². The van der Waals surface area contributed by atoms with Crippen LogP contribution in [-0.2, 0) is 0 Å². The molecule has 0 aliphatic rings. The number of halogens is 4. The van der Waals surface area contributed by atoms with Gasteiger partial charge in [0.25, 0.3) is 0 Å². The molecule has 1 heterocycles. The Balaban J connectivity index is 3.27. The standard InChI is InChI=1S/C8H10Br2Cl2N2Si/c1-2-15(4-9,5-11)6-3-7(10)13-14-8(6)12/h3H,2,4-5H2,1H3. The number of rotatable bonds is 4. The third kappa shape index (κ3) is 2.94. The monoisotopic (exact) mass is 390 g/mol. The molecule has 0 radical (unpaired) electrons. The Hall–Kier alpha value is 0.837. The van der Waals surface area contributed by atoms with Gasteiger partial charge in [-0.25, -0.2) is 0 Å². The Morgan fingerprint density at radius 3 is 2.60 bits per heavy atom. The summed E-state index contributed by atoms with van der Waals surface area (Å²) in [5.74, 6) is 0. The largest absolute Gasteiger partial charge is 0.151 e. The summed E-state index contributed by atoms with van der Waals surface area (Å²) in [7, 11) is -1.75. The molecule has 0 aliphatic carbocycles. The van der Waals surface area contributed by atoms with E-state index in [-0.39, 0.29) is 0 Å². The smallest absolute Gasteiger partial charge is 0.142 e. The van der Waals surface area contributed by atoms with Crippen LogP contribution in [0.3, 0.4) is 0 Å². The van der Waals surface area contributed by atoms with Crippen molar-refractivity contribution in [3.05, 3.63) is 15.8 Å². The van der Waals surface area contributed by atoms with Crippen LogP contribution in [0.2, 0.25) is 11.2 Å². The zero-order valence-electron chi connectivity index (χ0n) is 8.10. The molecule has 0 saturated carbocycles. The SMILES string of the molecule is CC[Si](CCl)(CBr)c1cc(Br)nnc1Cl. The average molecular weight is 393 g/mol. The molecule has 0 aromatic carbocycles. The molecule has 0 saturated heterocycles. The summed E-state index contributed by atoms with van der Waals surface area (Å²) in [6.07, 6.45) is 0. The van der Waals surface area contributed by atoms with Crippen molar-refractivity contribution >= 4 is 68.3 Å². The minimum absolute atomic E-state index is 0.479. The van der Waals surface area contributed by atoms with Crippen LogP contribution in [0.4, 0.5) is 0 Å². The summed E-state index contributed by atoms with van der Waals surface area (Å²) in [4.78, 5) is 0.887. The number of aromatic nitrogens is 2. The van der Waals surface area contributed by atoms with Crippen LogP contribution in [0, 0.1) is 0 Å². The second-order valence-corrected chi connectivity index (χ2v) is 11.3. The molecule has 0 bridgehead atoms. The molecule has 1 unspecified atom stereocenters. The first-order valence-corrected chi connectivity index (χ1v) is 9.85. The Morgan fingerprint density at radius 1 is 1.47 bits per heavy atom. The molecule has 0 amide bonds. The van der Waals surface area contributed by atoms with Gasteiger partial charge in [-0.15, -0.1) is 21.8 Å². The minimum atomic E-state index is -1.75. The quantitative estimate of drug-likeness (QED) is 0.580. The van der Waals surface area contributed by atoms with Crippen molar-refractivity contribution in [3.63, 3.8) is 0 Å². The van der Waals surface area contributed by atoms with E-state index in [0.717, 1.165) is 16.2 Å². The molecule has 0 fully saturated rings. The van der Waals surface area contributed by atoms with Gasteiger partial charge in [-0.1, -0.05) is 40.5 Å². The predicted molar refractivity (Wildman–Crippen MR) is 75.1 cm³/mol. The number of nitrogens with zero attached hydrogens (tertiary/aromatic N) is 2. The average Bonchev–Trinajstić information content (AvgIpc) is 2.26. The van der Waals surface area contributed by atoms with Gasteiger partial charge in [-0.2, -0.15) is 0 Å². The van der Waals surface area contributed by atoms with Crippen LogP contribution < -0.4 is 5.19 Å². The first-order valence-electron chi connectivity index (χ1n) is 4.40. The van der Waals surface area contributed by atoms with E-state index in [1.54, 1.807) is 0 Å². The predicted octanol–water partition coefficient (Wildman–Crippen LogP) is 3.28. The molecule has 1 aromatic rings. The second-order valence-electron chi connectivity index (χ2n) is 3.27. The van der Waals surface area contributed by atoms with Crippen molar-refractivity contribution in [1.82, 2.24) is 10.2 Å². The van der Waals surface area contributed by atoms with E-state index < -0.39 is 8.07 Å². The van der Waals surface area contributed by atoms with Crippen molar-refractivity contribution in [1.29, 1.82) is 0 Å². The van der Waals surface area contributed by atoms with Crippen LogP contribution in [-0.4, -0.2) is 28.7 Å². The van der Waals surface area contributed by atoms with Crippen molar-refractivity contribution in [2.24, 2.45) is 0 Å². The Morgan fingerprint density at radius 2 is 2.13 bits per heavy atom. The molecule has 7 heteroatoms. The number of hydrogen-bond donors (Lipinski definition) is 0. The molecule has 0 N–H and O–H groups in total. The zero-order chi connectivity index (χ0) is 11.5. The molecule has 1 rings (SSSR count). The molecular formula is C8H10Br2Cl2N2Si. The Labute approximate surface area is 117 Å². The molecule has 84 valence electrons. The lowest BCUT2D eigenvalue weighted by atomic mass is 10.6. The highest BCUT2D eigenvalue weighted by atomic mass is 79.9. The lowest BCUT2D eigenvalue weighted by Crippen LogP contribution is -2.52. The molecule has 1 aromatic heterocycles. The Bertz CT molecular complexity index is 339. The highest BCUT2D eigenvalue weighted by Crippen LogP contribution is 2.19. The number of alkyl halides is 2. The van der Waals surface area contributed by atoms with E-state index in [1.165, 1.54) is 0 Å². The summed E-state index contributed by atoms with van der Waals surface area (Å²) in [5, 5.41) is 9.31.